The first kappa shape index (κ1) is 12.4. The van der Waals surface area contributed by atoms with Crippen molar-refractivity contribution in [1.82, 2.24) is 0 Å². The molecule has 0 spiro atoms. The molecule has 3 nitrogen and oxygen atoms in total. The Balaban J connectivity index is 3.33. The Hall–Kier alpha value is -1.69. The third-order valence-corrected chi connectivity index (χ3v) is 2.79. The summed E-state index contributed by atoms with van der Waals surface area (Å²) < 4.78 is 5.52. The van der Waals surface area contributed by atoms with Gasteiger partial charge in [0, 0.05) is 5.56 Å². The van der Waals surface area contributed by atoms with Crippen molar-refractivity contribution in [2.45, 2.75) is 40.5 Å². The highest BCUT2D eigenvalue weighted by Gasteiger charge is 2.16. The highest BCUT2D eigenvalue weighted by Crippen LogP contribution is 2.27. The van der Waals surface area contributed by atoms with Gasteiger partial charge in [0.25, 0.3) is 0 Å². The van der Waals surface area contributed by atoms with Crippen LogP contribution in [-0.2, 0) is 0 Å². The number of furan rings is 1. The zero-order valence-corrected chi connectivity index (χ0v) is 10.3. The van der Waals surface area contributed by atoms with E-state index in [0.717, 1.165) is 29.1 Å². The first-order valence-corrected chi connectivity index (χ1v) is 5.48. The summed E-state index contributed by atoms with van der Waals surface area (Å²) in [6, 6.07) is 2.18. The predicted octanol–water partition coefficient (Wildman–Crippen LogP) is 3.20. The van der Waals surface area contributed by atoms with Crippen molar-refractivity contribution in [3.05, 3.63) is 28.2 Å². The van der Waals surface area contributed by atoms with E-state index >= 15 is 0 Å². The van der Waals surface area contributed by atoms with Crippen LogP contribution in [0.5, 0.6) is 0 Å². The minimum atomic E-state index is 0.566. The van der Waals surface area contributed by atoms with Crippen LogP contribution in [0.25, 0.3) is 5.70 Å². The number of nitriles is 1. The van der Waals surface area contributed by atoms with Crippen LogP contribution in [0.15, 0.2) is 9.99 Å². The highest BCUT2D eigenvalue weighted by atomic mass is 16.3. The van der Waals surface area contributed by atoms with Gasteiger partial charge in [-0.3, -0.25) is 0 Å². The Labute approximate surface area is 96.6 Å². The number of nitrogens with zero attached hydrogens (tertiary/aromatic N) is 1. The zero-order chi connectivity index (χ0) is 12.3. The maximum absolute atomic E-state index is 9.06. The van der Waals surface area contributed by atoms with Gasteiger partial charge < -0.3 is 10.2 Å². The molecule has 1 heterocycles. The van der Waals surface area contributed by atoms with Crippen molar-refractivity contribution in [2.24, 2.45) is 5.73 Å². The minimum absolute atomic E-state index is 0.566. The van der Waals surface area contributed by atoms with Crippen LogP contribution in [0.4, 0.5) is 0 Å². The largest absolute Gasteiger partial charge is 0.466 e. The lowest BCUT2D eigenvalue weighted by molar-refractivity contribution is 0.502. The average molecular weight is 218 g/mol. The minimum Gasteiger partial charge on any atom is -0.466 e. The molecular weight excluding hydrogens is 200 g/mol. The van der Waals surface area contributed by atoms with Crippen LogP contribution in [0, 0.1) is 32.1 Å². The summed E-state index contributed by atoms with van der Waals surface area (Å²) in [6.45, 7) is 7.79. The Morgan fingerprint density at radius 2 is 1.94 bits per heavy atom. The lowest BCUT2D eigenvalue weighted by Crippen LogP contribution is -2.03. The summed E-state index contributed by atoms with van der Waals surface area (Å²) in [7, 11) is 0. The molecule has 0 unspecified atom stereocenters. The first-order valence-electron chi connectivity index (χ1n) is 5.48. The molecule has 0 bridgehead atoms. The number of hydrogen-bond donors (Lipinski definition) is 1. The maximum atomic E-state index is 9.06. The molecule has 0 atom stereocenters. The van der Waals surface area contributed by atoms with Crippen molar-refractivity contribution < 1.29 is 4.42 Å². The summed E-state index contributed by atoms with van der Waals surface area (Å²) in [4.78, 5) is 0. The molecule has 0 aromatic carbocycles. The summed E-state index contributed by atoms with van der Waals surface area (Å²) >= 11 is 0. The van der Waals surface area contributed by atoms with E-state index in [1.165, 1.54) is 0 Å². The Kier molecular flexibility index (Phi) is 3.78. The van der Waals surface area contributed by atoms with E-state index in [4.69, 9.17) is 15.4 Å². The SMILES string of the molecule is CCCC(C#N)=C(N)c1c(C)oc(C)c1C. The number of rotatable bonds is 3. The fourth-order valence-electron chi connectivity index (χ4n) is 1.84. The molecule has 86 valence electrons. The van der Waals surface area contributed by atoms with Gasteiger partial charge in [0.2, 0.25) is 0 Å². The van der Waals surface area contributed by atoms with E-state index < -0.39 is 0 Å². The Bertz CT molecular complexity index is 461. The predicted molar refractivity (Wildman–Crippen MR) is 64.5 cm³/mol. The van der Waals surface area contributed by atoms with Crippen LogP contribution in [0.2, 0.25) is 0 Å². The van der Waals surface area contributed by atoms with E-state index in [1.54, 1.807) is 0 Å². The molecule has 3 heteroatoms. The number of allylic oxidation sites excluding steroid dienone is 1. The van der Waals surface area contributed by atoms with Crippen molar-refractivity contribution in [3.8, 4) is 6.07 Å². The van der Waals surface area contributed by atoms with E-state index in [0.29, 0.717) is 17.7 Å². The molecule has 0 aliphatic rings. The van der Waals surface area contributed by atoms with Gasteiger partial charge in [0.15, 0.2) is 0 Å². The summed E-state index contributed by atoms with van der Waals surface area (Å²) in [5.74, 6) is 1.65. The van der Waals surface area contributed by atoms with Crippen molar-refractivity contribution in [1.29, 1.82) is 5.26 Å². The lowest BCUT2D eigenvalue weighted by atomic mass is 10.0. The molecule has 0 aliphatic heterocycles. The fraction of sp³-hybridized carbons (Fsp3) is 0.462. The first-order chi connectivity index (χ1) is 7.52. The van der Waals surface area contributed by atoms with Gasteiger partial charge in [-0.2, -0.15) is 5.26 Å². The molecule has 0 radical (unpaired) electrons. The van der Waals surface area contributed by atoms with E-state index in [2.05, 4.69) is 6.07 Å². The van der Waals surface area contributed by atoms with Gasteiger partial charge >= 0.3 is 0 Å². The third-order valence-electron chi connectivity index (χ3n) is 2.79. The number of nitrogens with two attached hydrogens (primary N) is 1. The second-order valence-electron chi connectivity index (χ2n) is 3.97. The highest BCUT2D eigenvalue weighted by molar-refractivity contribution is 5.73. The van der Waals surface area contributed by atoms with Gasteiger partial charge in [-0.1, -0.05) is 13.3 Å². The topological polar surface area (TPSA) is 63.0 Å². The molecule has 2 N–H and O–H groups in total. The van der Waals surface area contributed by atoms with Crippen LogP contribution in [0.3, 0.4) is 0 Å². The van der Waals surface area contributed by atoms with Gasteiger partial charge in [-0.15, -0.1) is 0 Å². The average Bonchev–Trinajstić information content (AvgIpc) is 2.49. The summed E-state index contributed by atoms with van der Waals surface area (Å²) in [5.41, 5.74) is 9.18. The monoisotopic (exact) mass is 218 g/mol. The van der Waals surface area contributed by atoms with Crippen LogP contribution in [-0.4, -0.2) is 0 Å². The molecular formula is C13H18N2O. The second-order valence-corrected chi connectivity index (χ2v) is 3.97. The summed E-state index contributed by atoms with van der Waals surface area (Å²) in [5, 5.41) is 9.06. The van der Waals surface area contributed by atoms with Crippen molar-refractivity contribution in [2.75, 3.05) is 0 Å². The quantitative estimate of drug-likeness (QED) is 0.792. The van der Waals surface area contributed by atoms with Gasteiger partial charge in [0.1, 0.15) is 11.5 Å². The fourth-order valence-corrected chi connectivity index (χ4v) is 1.84. The Morgan fingerprint density at radius 1 is 1.31 bits per heavy atom. The van der Waals surface area contributed by atoms with Crippen LogP contribution < -0.4 is 5.73 Å². The van der Waals surface area contributed by atoms with Crippen molar-refractivity contribution >= 4 is 5.70 Å². The molecule has 0 saturated carbocycles. The van der Waals surface area contributed by atoms with Gasteiger partial charge in [-0.05, 0) is 32.8 Å². The van der Waals surface area contributed by atoms with E-state index in [9.17, 15) is 0 Å². The second kappa shape index (κ2) is 4.89. The molecule has 1 aromatic rings. The maximum Gasteiger partial charge on any atom is 0.110 e. The molecule has 0 amide bonds. The zero-order valence-electron chi connectivity index (χ0n) is 10.3. The van der Waals surface area contributed by atoms with Gasteiger partial charge in [-0.25, -0.2) is 0 Å². The molecule has 0 fully saturated rings. The number of aryl methyl sites for hydroxylation is 2. The molecule has 1 aromatic heterocycles. The lowest BCUT2D eigenvalue weighted by Gasteiger charge is -2.05. The standard InChI is InChI=1S/C13H18N2O/c1-5-6-11(7-14)13(15)12-8(2)9(3)16-10(12)4/h5-6,15H2,1-4H3. The van der Waals surface area contributed by atoms with Crippen molar-refractivity contribution in [3.63, 3.8) is 0 Å². The molecule has 0 aliphatic carbocycles. The third kappa shape index (κ3) is 2.11. The van der Waals surface area contributed by atoms with E-state index in [-0.39, 0.29) is 0 Å². The smallest absolute Gasteiger partial charge is 0.110 e. The van der Waals surface area contributed by atoms with Crippen LogP contribution in [0.1, 0.15) is 42.4 Å². The summed E-state index contributed by atoms with van der Waals surface area (Å²) in [6.07, 6.45) is 1.63. The molecule has 0 saturated heterocycles. The number of hydrogen-bond acceptors (Lipinski definition) is 3. The van der Waals surface area contributed by atoms with Gasteiger partial charge in [0.05, 0.1) is 17.3 Å². The van der Waals surface area contributed by atoms with E-state index in [1.807, 2.05) is 27.7 Å². The molecule has 16 heavy (non-hydrogen) atoms. The molecule has 1 rings (SSSR count). The normalized spacial score (nSPS) is 12.2. The Morgan fingerprint density at radius 3 is 2.31 bits per heavy atom. The van der Waals surface area contributed by atoms with Crippen LogP contribution >= 0.6 is 0 Å².